The van der Waals surface area contributed by atoms with Crippen molar-refractivity contribution >= 4 is 0 Å². The smallest absolute Gasteiger partial charge is 0.119 e. The molecule has 3 aromatic rings. The number of aliphatic hydroxyl groups is 1. The van der Waals surface area contributed by atoms with Gasteiger partial charge in [-0.1, -0.05) is 48.5 Å². The van der Waals surface area contributed by atoms with Crippen molar-refractivity contribution in [3.63, 3.8) is 0 Å². The van der Waals surface area contributed by atoms with Crippen molar-refractivity contribution in [3.8, 4) is 5.75 Å². The largest absolute Gasteiger partial charge is 0.491 e. The van der Waals surface area contributed by atoms with Crippen LogP contribution >= 0.6 is 0 Å². The molecule has 0 bridgehead atoms. The summed E-state index contributed by atoms with van der Waals surface area (Å²) in [6.45, 7) is 2.39. The molecule has 0 amide bonds. The lowest BCUT2D eigenvalue weighted by Gasteiger charge is -2.25. The molecule has 3 rings (SSSR count). The number of aryl methyl sites for hydroxylation is 1. The predicted octanol–water partition coefficient (Wildman–Crippen LogP) is 3.47. The molecule has 0 radical (unpaired) electrons. The van der Waals surface area contributed by atoms with Crippen LogP contribution in [0.4, 0.5) is 0 Å². The fourth-order valence-corrected chi connectivity index (χ4v) is 2.98. The van der Waals surface area contributed by atoms with Crippen LogP contribution in [-0.2, 0) is 20.1 Å². The Morgan fingerprint density at radius 3 is 2.27 bits per heavy atom. The average molecular weight is 350 g/mol. The maximum atomic E-state index is 10.5. The average Bonchev–Trinajstić information content (AvgIpc) is 3.06. The van der Waals surface area contributed by atoms with Gasteiger partial charge in [-0.05, 0) is 29.8 Å². The van der Waals surface area contributed by atoms with Gasteiger partial charge in [-0.2, -0.15) is 0 Å². The normalized spacial score (nSPS) is 12.3. The Kier molecular flexibility index (Phi) is 6.47. The van der Waals surface area contributed by atoms with Crippen molar-refractivity contribution in [2.75, 3.05) is 13.2 Å². The minimum absolute atomic E-state index is 0.280. The van der Waals surface area contributed by atoms with Crippen LogP contribution in [0.1, 0.15) is 11.3 Å². The molecule has 136 valence electrons. The first kappa shape index (κ1) is 18.2. The van der Waals surface area contributed by atoms with Gasteiger partial charge in [0, 0.05) is 38.6 Å². The van der Waals surface area contributed by atoms with E-state index < -0.39 is 6.10 Å². The van der Waals surface area contributed by atoms with E-state index in [1.807, 2.05) is 67.8 Å². The van der Waals surface area contributed by atoms with E-state index in [0.29, 0.717) is 6.54 Å². The van der Waals surface area contributed by atoms with Crippen molar-refractivity contribution in [1.82, 2.24) is 9.47 Å². The van der Waals surface area contributed by atoms with Crippen molar-refractivity contribution in [1.29, 1.82) is 0 Å². The van der Waals surface area contributed by atoms with Gasteiger partial charge in [0.2, 0.25) is 0 Å². The van der Waals surface area contributed by atoms with Crippen LogP contribution in [0.15, 0.2) is 79.0 Å². The van der Waals surface area contributed by atoms with E-state index in [1.54, 1.807) is 0 Å². The van der Waals surface area contributed by atoms with E-state index in [2.05, 4.69) is 27.7 Å². The number of hydrogen-bond acceptors (Lipinski definition) is 3. The lowest BCUT2D eigenvalue weighted by atomic mass is 10.2. The minimum atomic E-state index is -0.556. The van der Waals surface area contributed by atoms with E-state index in [0.717, 1.165) is 18.8 Å². The van der Waals surface area contributed by atoms with Crippen LogP contribution < -0.4 is 4.74 Å². The van der Waals surface area contributed by atoms with E-state index in [-0.39, 0.29) is 6.61 Å². The molecule has 0 aliphatic heterocycles. The molecule has 1 N–H and O–H groups in total. The lowest BCUT2D eigenvalue weighted by molar-refractivity contribution is 0.0621. The molecule has 1 atom stereocenters. The Bertz CT molecular complexity index is 771. The van der Waals surface area contributed by atoms with Crippen LogP contribution in [-0.4, -0.2) is 33.8 Å². The third-order valence-electron chi connectivity index (χ3n) is 4.34. The lowest BCUT2D eigenvalue weighted by Crippen LogP contribution is -2.35. The van der Waals surface area contributed by atoms with Gasteiger partial charge < -0.3 is 14.4 Å². The number of nitrogens with zero attached hydrogens (tertiary/aromatic N) is 2. The Hall–Kier alpha value is -2.56. The third kappa shape index (κ3) is 5.48. The first-order valence-corrected chi connectivity index (χ1v) is 8.93. The van der Waals surface area contributed by atoms with Crippen LogP contribution in [0, 0.1) is 0 Å². The zero-order valence-electron chi connectivity index (χ0n) is 15.2. The Morgan fingerprint density at radius 2 is 1.62 bits per heavy atom. The second kappa shape index (κ2) is 9.22. The number of aromatic nitrogens is 1. The second-order valence-electron chi connectivity index (χ2n) is 6.54. The summed E-state index contributed by atoms with van der Waals surface area (Å²) < 4.78 is 7.81. The first-order chi connectivity index (χ1) is 12.7. The Labute approximate surface area is 155 Å². The molecule has 4 nitrogen and oxygen atoms in total. The summed E-state index contributed by atoms with van der Waals surface area (Å²) in [5, 5.41) is 10.5. The molecule has 0 aliphatic carbocycles. The predicted molar refractivity (Wildman–Crippen MR) is 104 cm³/mol. The standard InChI is InChI=1S/C22H26N2O2/c1-23-14-8-11-20(23)16-24(15-19-9-4-2-5-10-19)17-21(25)18-26-22-12-6-3-7-13-22/h2-14,21,25H,15-18H2,1H3. The maximum absolute atomic E-state index is 10.5. The molecule has 2 aromatic carbocycles. The maximum Gasteiger partial charge on any atom is 0.119 e. The van der Waals surface area contributed by atoms with Crippen LogP contribution in [0.3, 0.4) is 0 Å². The molecule has 1 aromatic heterocycles. The molecular weight excluding hydrogens is 324 g/mol. The molecule has 1 heterocycles. The molecule has 1 unspecified atom stereocenters. The monoisotopic (exact) mass is 350 g/mol. The Balaban J connectivity index is 1.61. The van der Waals surface area contributed by atoms with Gasteiger partial charge in [-0.15, -0.1) is 0 Å². The molecule has 4 heteroatoms. The van der Waals surface area contributed by atoms with Crippen molar-refractivity contribution < 1.29 is 9.84 Å². The first-order valence-electron chi connectivity index (χ1n) is 8.93. The van der Waals surface area contributed by atoms with Crippen molar-refractivity contribution in [2.45, 2.75) is 19.2 Å². The van der Waals surface area contributed by atoms with E-state index in [1.165, 1.54) is 11.3 Å². The highest BCUT2D eigenvalue weighted by Crippen LogP contribution is 2.13. The zero-order chi connectivity index (χ0) is 18.2. The summed E-state index contributed by atoms with van der Waals surface area (Å²) in [7, 11) is 2.05. The van der Waals surface area contributed by atoms with E-state index >= 15 is 0 Å². The van der Waals surface area contributed by atoms with Gasteiger partial charge in [-0.25, -0.2) is 0 Å². The molecular formula is C22H26N2O2. The highest BCUT2D eigenvalue weighted by atomic mass is 16.5. The summed E-state index contributed by atoms with van der Waals surface area (Å²) in [6.07, 6.45) is 1.49. The highest BCUT2D eigenvalue weighted by Gasteiger charge is 2.15. The van der Waals surface area contributed by atoms with Gasteiger partial charge in [0.25, 0.3) is 0 Å². The fraction of sp³-hybridized carbons (Fsp3) is 0.273. The summed E-state index contributed by atoms with van der Waals surface area (Å²) in [5.74, 6) is 0.781. The number of para-hydroxylation sites is 1. The van der Waals surface area contributed by atoms with Crippen molar-refractivity contribution in [2.24, 2.45) is 7.05 Å². The second-order valence-corrected chi connectivity index (χ2v) is 6.54. The topological polar surface area (TPSA) is 37.6 Å². The number of ether oxygens (including phenoxy) is 1. The number of rotatable bonds is 9. The summed E-state index contributed by atoms with van der Waals surface area (Å²) in [4.78, 5) is 2.25. The van der Waals surface area contributed by atoms with Crippen LogP contribution in [0.2, 0.25) is 0 Å². The minimum Gasteiger partial charge on any atom is -0.491 e. The SMILES string of the molecule is Cn1cccc1CN(Cc1ccccc1)CC(O)COc1ccccc1. The Morgan fingerprint density at radius 1 is 0.923 bits per heavy atom. The molecule has 0 fully saturated rings. The summed E-state index contributed by atoms with van der Waals surface area (Å²) >= 11 is 0. The van der Waals surface area contributed by atoms with E-state index in [9.17, 15) is 5.11 Å². The van der Waals surface area contributed by atoms with Gasteiger partial charge >= 0.3 is 0 Å². The van der Waals surface area contributed by atoms with Gasteiger partial charge in [0.05, 0.1) is 0 Å². The summed E-state index contributed by atoms with van der Waals surface area (Å²) in [5.41, 5.74) is 2.45. The zero-order valence-corrected chi connectivity index (χ0v) is 15.2. The molecule has 26 heavy (non-hydrogen) atoms. The van der Waals surface area contributed by atoms with Gasteiger partial charge in [0.1, 0.15) is 18.5 Å². The molecule has 0 saturated carbocycles. The van der Waals surface area contributed by atoms with Gasteiger partial charge in [0.15, 0.2) is 0 Å². The number of benzene rings is 2. The quantitative estimate of drug-likeness (QED) is 0.642. The van der Waals surface area contributed by atoms with E-state index in [4.69, 9.17) is 4.74 Å². The third-order valence-corrected chi connectivity index (χ3v) is 4.34. The van der Waals surface area contributed by atoms with Gasteiger partial charge in [-0.3, -0.25) is 4.90 Å². The van der Waals surface area contributed by atoms with Crippen LogP contribution in [0.5, 0.6) is 5.75 Å². The number of aliphatic hydroxyl groups excluding tert-OH is 1. The molecule has 0 aliphatic rings. The molecule has 0 spiro atoms. The number of hydrogen-bond donors (Lipinski definition) is 1. The fourth-order valence-electron chi connectivity index (χ4n) is 2.98. The highest BCUT2D eigenvalue weighted by molar-refractivity contribution is 5.21. The summed E-state index contributed by atoms with van der Waals surface area (Å²) in [6, 6.07) is 24.1. The molecule has 0 saturated heterocycles. The van der Waals surface area contributed by atoms with Crippen LogP contribution in [0.25, 0.3) is 0 Å². The van der Waals surface area contributed by atoms with Crippen molar-refractivity contribution in [3.05, 3.63) is 90.3 Å².